The van der Waals surface area contributed by atoms with Crippen molar-refractivity contribution in [1.82, 2.24) is 0 Å². The van der Waals surface area contributed by atoms with Gasteiger partial charge in [0.25, 0.3) is 0 Å². The molecule has 2 heterocycles. The molecule has 0 bridgehead atoms. The van der Waals surface area contributed by atoms with Crippen molar-refractivity contribution in [2.45, 2.75) is 6.92 Å². The number of carbonyl (C=O) groups excluding carboxylic acids is 1. The second kappa shape index (κ2) is 8.50. The smallest absolute Gasteiger partial charge is 0.344 e. The Balaban J connectivity index is 1.85. The summed E-state index contributed by atoms with van der Waals surface area (Å²) in [5.74, 6) is 0.0311. The van der Waals surface area contributed by atoms with Crippen LogP contribution in [0.5, 0.6) is 23.0 Å². The molecule has 0 fully saturated rings. The first-order valence-corrected chi connectivity index (χ1v) is 9.60. The van der Waals surface area contributed by atoms with Gasteiger partial charge in [0, 0.05) is 0 Å². The van der Waals surface area contributed by atoms with Crippen molar-refractivity contribution in [2.75, 3.05) is 21.3 Å². The van der Waals surface area contributed by atoms with Crippen molar-refractivity contribution in [3.05, 3.63) is 70.1 Å². The highest BCUT2D eigenvalue weighted by Crippen LogP contribution is 2.39. The second-order valence-electron chi connectivity index (χ2n) is 6.87. The Morgan fingerprint density at radius 3 is 2.22 bits per heavy atom. The van der Waals surface area contributed by atoms with Gasteiger partial charge in [-0.15, -0.1) is 0 Å². The molecule has 0 saturated heterocycles. The van der Waals surface area contributed by atoms with Crippen LogP contribution in [0.3, 0.4) is 0 Å². The van der Waals surface area contributed by atoms with Gasteiger partial charge in [0.15, 0.2) is 17.3 Å². The highest BCUT2D eigenvalue weighted by molar-refractivity contribution is 5.94. The molecule has 0 aliphatic rings. The van der Waals surface area contributed by atoms with Crippen LogP contribution < -0.4 is 24.4 Å². The average molecular weight is 436 g/mol. The Hall–Kier alpha value is -4.20. The topological polar surface area (TPSA) is 97.3 Å². The van der Waals surface area contributed by atoms with Crippen LogP contribution in [0.25, 0.3) is 22.5 Å². The van der Waals surface area contributed by atoms with Gasteiger partial charge >= 0.3 is 5.97 Å². The van der Waals surface area contributed by atoms with Crippen LogP contribution in [0.2, 0.25) is 0 Å². The van der Waals surface area contributed by atoms with Gasteiger partial charge in [-0.3, -0.25) is 4.79 Å². The number of aryl methyl sites for hydroxylation is 1. The van der Waals surface area contributed by atoms with Crippen molar-refractivity contribution in [3.8, 4) is 34.5 Å². The number of esters is 1. The lowest BCUT2D eigenvalue weighted by Gasteiger charge is -2.14. The first kappa shape index (κ1) is 21.0. The van der Waals surface area contributed by atoms with E-state index < -0.39 is 11.4 Å². The van der Waals surface area contributed by atoms with E-state index in [9.17, 15) is 9.59 Å². The van der Waals surface area contributed by atoms with Crippen molar-refractivity contribution < 1.29 is 32.6 Å². The summed E-state index contributed by atoms with van der Waals surface area (Å²) in [6.07, 6.45) is 1.43. The Morgan fingerprint density at radius 1 is 0.906 bits per heavy atom. The van der Waals surface area contributed by atoms with Crippen LogP contribution >= 0.6 is 0 Å². The Kier molecular flexibility index (Phi) is 5.59. The summed E-state index contributed by atoms with van der Waals surface area (Å²) in [4.78, 5) is 26.3. The average Bonchev–Trinajstić information content (AvgIpc) is 3.34. The first-order chi connectivity index (χ1) is 15.5. The minimum atomic E-state index is -0.809. The van der Waals surface area contributed by atoms with Crippen molar-refractivity contribution in [1.29, 1.82) is 0 Å². The quantitative estimate of drug-likeness (QED) is 0.404. The molecule has 0 spiro atoms. The van der Waals surface area contributed by atoms with E-state index in [0.29, 0.717) is 11.3 Å². The van der Waals surface area contributed by atoms with E-state index in [4.69, 9.17) is 27.8 Å². The molecule has 2 aromatic heterocycles. The Labute approximate surface area is 182 Å². The standard InChI is InChI=1S/C24H20O8/c1-13-7-8-16-15(10-13)20(25)23(22(31-16)17-6-5-9-30-17)32-24(26)14-11-18(27-2)21(29-4)19(12-14)28-3/h5-12H,1-4H3. The summed E-state index contributed by atoms with van der Waals surface area (Å²) in [6.45, 7) is 1.85. The zero-order valence-corrected chi connectivity index (χ0v) is 17.9. The maximum atomic E-state index is 13.3. The number of benzene rings is 2. The van der Waals surface area contributed by atoms with E-state index >= 15 is 0 Å². The van der Waals surface area contributed by atoms with E-state index in [1.165, 1.54) is 39.7 Å². The normalized spacial score (nSPS) is 10.8. The predicted octanol–water partition coefficient (Wildman–Crippen LogP) is 4.61. The van der Waals surface area contributed by atoms with Gasteiger partial charge in [-0.05, 0) is 43.3 Å². The molecule has 0 aliphatic heterocycles. The molecule has 4 aromatic rings. The molecule has 4 rings (SSSR count). The first-order valence-electron chi connectivity index (χ1n) is 9.60. The largest absolute Gasteiger partial charge is 0.493 e. The SMILES string of the molecule is COc1cc(C(=O)Oc2c(-c3ccco3)oc3ccc(C)cc3c2=O)cc(OC)c1OC. The molecule has 32 heavy (non-hydrogen) atoms. The number of hydrogen-bond donors (Lipinski definition) is 0. The summed E-state index contributed by atoms with van der Waals surface area (Å²) < 4.78 is 32.7. The molecular formula is C24H20O8. The van der Waals surface area contributed by atoms with Gasteiger partial charge in [0.2, 0.25) is 22.7 Å². The van der Waals surface area contributed by atoms with Crippen LogP contribution in [0.1, 0.15) is 15.9 Å². The third-order valence-corrected chi connectivity index (χ3v) is 4.84. The van der Waals surface area contributed by atoms with Crippen LogP contribution in [-0.2, 0) is 0 Å². The monoisotopic (exact) mass is 436 g/mol. The Morgan fingerprint density at radius 2 is 1.62 bits per heavy atom. The molecule has 0 unspecified atom stereocenters. The van der Waals surface area contributed by atoms with Gasteiger partial charge in [-0.1, -0.05) is 11.6 Å². The van der Waals surface area contributed by atoms with E-state index in [2.05, 4.69) is 0 Å². The Bertz CT molecular complexity index is 1320. The van der Waals surface area contributed by atoms with Crippen molar-refractivity contribution in [2.24, 2.45) is 0 Å². The van der Waals surface area contributed by atoms with E-state index in [-0.39, 0.29) is 39.7 Å². The maximum absolute atomic E-state index is 13.3. The zero-order valence-electron chi connectivity index (χ0n) is 17.9. The fourth-order valence-corrected chi connectivity index (χ4v) is 3.31. The molecule has 8 nitrogen and oxygen atoms in total. The molecule has 0 radical (unpaired) electrons. The van der Waals surface area contributed by atoms with Crippen LogP contribution in [0.4, 0.5) is 0 Å². The lowest BCUT2D eigenvalue weighted by Crippen LogP contribution is -2.16. The predicted molar refractivity (Wildman–Crippen MR) is 116 cm³/mol. The maximum Gasteiger partial charge on any atom is 0.344 e. The summed E-state index contributed by atoms with van der Waals surface area (Å²) in [7, 11) is 4.32. The molecule has 8 heteroatoms. The van der Waals surface area contributed by atoms with Gasteiger partial charge < -0.3 is 27.8 Å². The molecule has 0 atom stereocenters. The minimum absolute atomic E-state index is 0.0112. The third-order valence-electron chi connectivity index (χ3n) is 4.84. The fraction of sp³-hybridized carbons (Fsp3) is 0.167. The summed E-state index contributed by atoms with van der Waals surface area (Å²) >= 11 is 0. The van der Waals surface area contributed by atoms with Gasteiger partial charge in [0.1, 0.15) is 5.58 Å². The van der Waals surface area contributed by atoms with Gasteiger partial charge in [-0.25, -0.2) is 4.79 Å². The third kappa shape index (κ3) is 3.66. The summed E-state index contributed by atoms with van der Waals surface area (Å²) in [5, 5.41) is 0.285. The van der Waals surface area contributed by atoms with E-state index in [1.54, 1.807) is 24.3 Å². The second-order valence-corrected chi connectivity index (χ2v) is 6.87. The number of methoxy groups -OCH3 is 3. The number of ether oxygens (including phenoxy) is 4. The highest BCUT2D eigenvalue weighted by atomic mass is 16.5. The number of fused-ring (bicyclic) bond motifs is 1. The lowest BCUT2D eigenvalue weighted by atomic mass is 10.1. The fourth-order valence-electron chi connectivity index (χ4n) is 3.31. The van der Waals surface area contributed by atoms with Crippen molar-refractivity contribution >= 4 is 16.9 Å². The molecule has 0 aliphatic carbocycles. The van der Waals surface area contributed by atoms with E-state index in [0.717, 1.165) is 5.56 Å². The van der Waals surface area contributed by atoms with Crippen LogP contribution in [-0.4, -0.2) is 27.3 Å². The van der Waals surface area contributed by atoms with Gasteiger partial charge in [0.05, 0.1) is 38.5 Å². The number of hydrogen-bond acceptors (Lipinski definition) is 8. The van der Waals surface area contributed by atoms with Crippen LogP contribution in [0, 0.1) is 6.92 Å². The molecule has 0 N–H and O–H groups in total. The summed E-state index contributed by atoms with van der Waals surface area (Å²) in [6, 6.07) is 11.3. The number of furan rings is 1. The zero-order chi connectivity index (χ0) is 22.8. The molecule has 164 valence electrons. The molecular weight excluding hydrogens is 416 g/mol. The van der Waals surface area contributed by atoms with Gasteiger partial charge in [-0.2, -0.15) is 0 Å². The number of rotatable bonds is 6. The minimum Gasteiger partial charge on any atom is -0.493 e. The number of carbonyl (C=O) groups is 1. The van der Waals surface area contributed by atoms with Crippen molar-refractivity contribution in [3.63, 3.8) is 0 Å². The summed E-state index contributed by atoms with van der Waals surface area (Å²) in [5.41, 5.74) is 0.799. The van der Waals surface area contributed by atoms with E-state index in [1.807, 2.05) is 13.0 Å². The molecule has 2 aromatic carbocycles. The van der Waals surface area contributed by atoms with Crippen LogP contribution in [0.15, 0.2) is 62.4 Å². The molecule has 0 saturated carbocycles. The molecule has 0 amide bonds. The lowest BCUT2D eigenvalue weighted by molar-refractivity contribution is 0.0730. The highest BCUT2D eigenvalue weighted by Gasteiger charge is 2.25.